The quantitative estimate of drug-likeness (QED) is 0.730. The number of carbonyl (C=O) groups excluding carboxylic acids is 2. The van der Waals surface area contributed by atoms with E-state index in [-0.39, 0.29) is 37.4 Å². The molecular formula is C14H25N3O4. The fraction of sp³-hybridized carbons (Fsp3) is 0.786. The Bertz CT molecular complexity index is 382. The average molecular weight is 299 g/mol. The van der Waals surface area contributed by atoms with E-state index >= 15 is 0 Å². The maximum absolute atomic E-state index is 12.0. The lowest BCUT2D eigenvalue weighted by molar-refractivity contribution is -0.138. The second kappa shape index (κ2) is 8.49. The van der Waals surface area contributed by atoms with E-state index < -0.39 is 5.97 Å². The van der Waals surface area contributed by atoms with Gasteiger partial charge in [-0.1, -0.05) is 0 Å². The van der Waals surface area contributed by atoms with Crippen molar-refractivity contribution in [3.63, 3.8) is 0 Å². The van der Waals surface area contributed by atoms with E-state index in [1.54, 1.807) is 9.80 Å². The summed E-state index contributed by atoms with van der Waals surface area (Å²) in [5.41, 5.74) is 0. The first kappa shape index (κ1) is 17.3. The van der Waals surface area contributed by atoms with Gasteiger partial charge in [-0.25, -0.2) is 4.79 Å². The molecule has 1 saturated heterocycles. The SMILES string of the molecule is CCN(CC)C(=O)CCNC(=O)N1CCCC1CC(=O)O. The van der Waals surface area contributed by atoms with E-state index in [9.17, 15) is 14.4 Å². The highest BCUT2D eigenvalue weighted by Gasteiger charge is 2.30. The standard InChI is InChI=1S/C14H25N3O4/c1-3-16(4-2)12(18)7-8-15-14(21)17-9-5-6-11(17)10-13(19)20/h11H,3-10H2,1-2H3,(H,15,21)(H,19,20). The molecule has 7 heteroatoms. The number of rotatable bonds is 7. The third-order valence-electron chi connectivity index (χ3n) is 3.78. The Morgan fingerprint density at radius 1 is 1.29 bits per heavy atom. The second-order valence-electron chi connectivity index (χ2n) is 5.14. The number of nitrogens with one attached hydrogen (secondary N) is 1. The molecule has 21 heavy (non-hydrogen) atoms. The molecule has 1 aliphatic heterocycles. The Morgan fingerprint density at radius 3 is 2.52 bits per heavy atom. The van der Waals surface area contributed by atoms with Crippen molar-refractivity contribution in [1.29, 1.82) is 0 Å². The van der Waals surface area contributed by atoms with Gasteiger partial charge in [0.15, 0.2) is 0 Å². The molecule has 1 rings (SSSR count). The van der Waals surface area contributed by atoms with Crippen molar-refractivity contribution < 1.29 is 19.5 Å². The van der Waals surface area contributed by atoms with Crippen molar-refractivity contribution in [1.82, 2.24) is 15.1 Å². The number of nitrogens with zero attached hydrogens (tertiary/aromatic N) is 2. The zero-order valence-electron chi connectivity index (χ0n) is 12.8. The van der Waals surface area contributed by atoms with E-state index in [1.165, 1.54) is 0 Å². The number of aliphatic carboxylic acids is 1. The molecule has 0 aromatic heterocycles. The van der Waals surface area contributed by atoms with Gasteiger partial charge < -0.3 is 20.2 Å². The lowest BCUT2D eigenvalue weighted by Gasteiger charge is -2.24. The van der Waals surface area contributed by atoms with Crippen LogP contribution in [0.25, 0.3) is 0 Å². The molecule has 0 spiro atoms. The summed E-state index contributed by atoms with van der Waals surface area (Å²) in [6, 6.07) is -0.507. The highest BCUT2D eigenvalue weighted by atomic mass is 16.4. The Balaban J connectivity index is 2.36. The molecule has 1 unspecified atom stereocenters. The maximum atomic E-state index is 12.0. The summed E-state index contributed by atoms with van der Waals surface area (Å²) in [6.45, 7) is 6.02. The summed E-state index contributed by atoms with van der Waals surface area (Å²) in [4.78, 5) is 37.9. The van der Waals surface area contributed by atoms with Gasteiger partial charge in [0.25, 0.3) is 0 Å². The number of carbonyl (C=O) groups is 3. The normalized spacial score (nSPS) is 17.6. The smallest absolute Gasteiger partial charge is 0.317 e. The summed E-state index contributed by atoms with van der Waals surface area (Å²) < 4.78 is 0. The van der Waals surface area contributed by atoms with Crippen LogP contribution in [-0.4, -0.2) is 65.0 Å². The number of hydrogen-bond donors (Lipinski definition) is 2. The fourth-order valence-electron chi connectivity index (χ4n) is 2.63. The Kier molecular flexibility index (Phi) is 6.98. The zero-order chi connectivity index (χ0) is 15.8. The van der Waals surface area contributed by atoms with Gasteiger partial charge in [0.2, 0.25) is 5.91 Å². The third-order valence-corrected chi connectivity index (χ3v) is 3.78. The van der Waals surface area contributed by atoms with Gasteiger partial charge in [-0.05, 0) is 26.7 Å². The van der Waals surface area contributed by atoms with Gasteiger partial charge in [-0.3, -0.25) is 9.59 Å². The van der Waals surface area contributed by atoms with Crippen LogP contribution in [0.4, 0.5) is 4.79 Å². The lowest BCUT2D eigenvalue weighted by atomic mass is 10.1. The minimum Gasteiger partial charge on any atom is -0.481 e. The molecule has 1 atom stereocenters. The van der Waals surface area contributed by atoms with E-state index in [0.717, 1.165) is 12.8 Å². The number of urea groups is 1. The number of carboxylic acid groups (broad SMARTS) is 1. The number of amides is 3. The molecular weight excluding hydrogens is 274 g/mol. The van der Waals surface area contributed by atoms with Crippen LogP contribution in [0, 0.1) is 0 Å². The van der Waals surface area contributed by atoms with Gasteiger partial charge in [0, 0.05) is 38.6 Å². The molecule has 0 bridgehead atoms. The second-order valence-corrected chi connectivity index (χ2v) is 5.14. The van der Waals surface area contributed by atoms with Crippen molar-refractivity contribution in [2.75, 3.05) is 26.2 Å². The molecule has 1 aliphatic rings. The number of carboxylic acids is 1. The van der Waals surface area contributed by atoms with Gasteiger partial charge in [0.1, 0.15) is 0 Å². The minimum atomic E-state index is -0.892. The molecule has 0 aliphatic carbocycles. The molecule has 0 saturated carbocycles. The van der Waals surface area contributed by atoms with Crippen LogP contribution in [-0.2, 0) is 9.59 Å². The predicted octanol–water partition coefficient (Wildman–Crippen LogP) is 0.894. The first-order chi connectivity index (χ1) is 9.99. The highest BCUT2D eigenvalue weighted by Crippen LogP contribution is 2.19. The molecule has 2 N–H and O–H groups in total. The van der Waals surface area contributed by atoms with Crippen LogP contribution in [0.15, 0.2) is 0 Å². The van der Waals surface area contributed by atoms with Gasteiger partial charge >= 0.3 is 12.0 Å². The van der Waals surface area contributed by atoms with Crippen LogP contribution < -0.4 is 5.32 Å². The van der Waals surface area contributed by atoms with Gasteiger partial charge in [0.05, 0.1) is 6.42 Å². The monoisotopic (exact) mass is 299 g/mol. The number of likely N-dealkylation sites (tertiary alicyclic amines) is 1. The molecule has 1 fully saturated rings. The van der Waals surface area contributed by atoms with Crippen LogP contribution >= 0.6 is 0 Å². The summed E-state index contributed by atoms with van der Waals surface area (Å²) in [7, 11) is 0. The molecule has 0 aromatic rings. The summed E-state index contributed by atoms with van der Waals surface area (Å²) in [5, 5.41) is 11.5. The fourth-order valence-corrected chi connectivity index (χ4v) is 2.63. The van der Waals surface area contributed by atoms with Crippen LogP contribution in [0.2, 0.25) is 0 Å². The highest BCUT2D eigenvalue weighted by molar-refractivity contribution is 5.79. The maximum Gasteiger partial charge on any atom is 0.317 e. The molecule has 120 valence electrons. The topological polar surface area (TPSA) is 90.0 Å². The van der Waals surface area contributed by atoms with E-state index in [0.29, 0.717) is 19.6 Å². The van der Waals surface area contributed by atoms with Crippen molar-refractivity contribution in [2.24, 2.45) is 0 Å². The van der Waals surface area contributed by atoms with Crippen LogP contribution in [0.3, 0.4) is 0 Å². The number of hydrogen-bond acceptors (Lipinski definition) is 3. The Labute approximate surface area is 125 Å². The predicted molar refractivity (Wildman–Crippen MR) is 77.9 cm³/mol. The van der Waals surface area contributed by atoms with E-state index in [4.69, 9.17) is 5.11 Å². The van der Waals surface area contributed by atoms with Crippen LogP contribution in [0.1, 0.15) is 39.5 Å². The minimum absolute atomic E-state index is 0.0174. The lowest BCUT2D eigenvalue weighted by Crippen LogP contribution is -2.44. The van der Waals surface area contributed by atoms with Crippen molar-refractivity contribution in [3.05, 3.63) is 0 Å². The molecule has 0 aromatic carbocycles. The summed E-state index contributed by atoms with van der Waals surface area (Å²) in [6.07, 6.45) is 1.79. The molecule has 1 heterocycles. The van der Waals surface area contributed by atoms with Gasteiger partial charge in [-0.2, -0.15) is 0 Å². The van der Waals surface area contributed by atoms with Crippen molar-refractivity contribution in [3.8, 4) is 0 Å². The largest absolute Gasteiger partial charge is 0.481 e. The molecule has 7 nitrogen and oxygen atoms in total. The first-order valence-corrected chi connectivity index (χ1v) is 7.53. The average Bonchev–Trinajstić information content (AvgIpc) is 2.87. The molecule has 3 amide bonds. The first-order valence-electron chi connectivity index (χ1n) is 7.53. The van der Waals surface area contributed by atoms with Crippen molar-refractivity contribution in [2.45, 2.75) is 45.6 Å². The van der Waals surface area contributed by atoms with Crippen molar-refractivity contribution >= 4 is 17.9 Å². The Morgan fingerprint density at radius 2 is 1.95 bits per heavy atom. The van der Waals surface area contributed by atoms with Gasteiger partial charge in [-0.15, -0.1) is 0 Å². The summed E-state index contributed by atoms with van der Waals surface area (Å²) in [5.74, 6) is -0.875. The van der Waals surface area contributed by atoms with E-state index in [1.807, 2.05) is 13.8 Å². The summed E-state index contributed by atoms with van der Waals surface area (Å²) >= 11 is 0. The van der Waals surface area contributed by atoms with E-state index in [2.05, 4.69) is 5.32 Å². The van der Waals surface area contributed by atoms with Crippen LogP contribution in [0.5, 0.6) is 0 Å². The Hall–Kier alpha value is -1.79. The third kappa shape index (κ3) is 5.24. The zero-order valence-corrected chi connectivity index (χ0v) is 12.8. The molecule has 0 radical (unpaired) electrons.